The van der Waals surface area contributed by atoms with Crippen LogP contribution in [0.1, 0.15) is 61.5 Å². The molecule has 1 fully saturated rings. The standard InChI is InChI=1S/C31H33N2/c1-22-14-10-12-20-27(22)32-23(2)29-31(3,25-17-8-5-9-18-25)26-19-11-13-21-28(26)33(29)30(32)24-15-6-4-7-16-24/h4,6-7,10-16,19-21,25H,5,8-9,17-18H2,1-3H3/q+1. The summed E-state index contributed by atoms with van der Waals surface area (Å²) in [7, 11) is 0. The van der Waals surface area contributed by atoms with Crippen LogP contribution < -0.4 is 4.57 Å². The van der Waals surface area contributed by atoms with Gasteiger partial charge in [0.15, 0.2) is 11.4 Å². The molecule has 2 nitrogen and oxygen atoms in total. The molecule has 0 bridgehead atoms. The molecule has 0 saturated heterocycles. The number of nitrogens with zero attached hydrogens (tertiary/aromatic N) is 2. The summed E-state index contributed by atoms with van der Waals surface area (Å²) in [5, 5.41) is 0. The van der Waals surface area contributed by atoms with Crippen LogP contribution in [0.25, 0.3) is 22.8 Å². The molecule has 0 spiro atoms. The fourth-order valence-electron chi connectivity index (χ4n) is 6.76. The zero-order chi connectivity index (χ0) is 22.6. The average Bonchev–Trinajstić information content (AvgIpc) is 3.32. The average molecular weight is 434 g/mol. The molecule has 1 saturated carbocycles. The third-order valence-corrected chi connectivity index (χ3v) is 8.33. The molecule has 6 rings (SSSR count). The summed E-state index contributed by atoms with van der Waals surface area (Å²) in [6.07, 6.45) is 6.73. The Morgan fingerprint density at radius 2 is 1.45 bits per heavy atom. The van der Waals surface area contributed by atoms with Gasteiger partial charge in [-0.1, -0.05) is 73.9 Å². The monoisotopic (exact) mass is 433 g/mol. The normalized spacial score (nSPS) is 20.0. The maximum Gasteiger partial charge on any atom is 0.299 e. The molecule has 0 amide bonds. The van der Waals surface area contributed by atoms with Crippen LogP contribution in [-0.4, -0.2) is 4.57 Å². The van der Waals surface area contributed by atoms with Crippen molar-refractivity contribution in [3.8, 4) is 22.8 Å². The van der Waals surface area contributed by atoms with Gasteiger partial charge in [-0.05, 0) is 62.4 Å². The van der Waals surface area contributed by atoms with E-state index in [9.17, 15) is 0 Å². The summed E-state index contributed by atoms with van der Waals surface area (Å²) < 4.78 is 5.12. The van der Waals surface area contributed by atoms with Crippen LogP contribution in [0.3, 0.4) is 0 Å². The van der Waals surface area contributed by atoms with Crippen molar-refractivity contribution >= 4 is 0 Å². The van der Waals surface area contributed by atoms with E-state index < -0.39 is 0 Å². The first-order valence-corrected chi connectivity index (χ1v) is 12.5. The van der Waals surface area contributed by atoms with E-state index in [0.717, 1.165) is 0 Å². The van der Waals surface area contributed by atoms with Crippen molar-refractivity contribution in [2.45, 2.75) is 58.3 Å². The van der Waals surface area contributed by atoms with E-state index >= 15 is 0 Å². The molecular weight excluding hydrogens is 400 g/mol. The molecule has 2 heterocycles. The van der Waals surface area contributed by atoms with Gasteiger partial charge < -0.3 is 0 Å². The summed E-state index contributed by atoms with van der Waals surface area (Å²) in [6, 6.07) is 28.9. The van der Waals surface area contributed by atoms with Crippen LogP contribution in [0, 0.1) is 19.8 Å². The first-order chi connectivity index (χ1) is 16.1. The predicted molar refractivity (Wildman–Crippen MR) is 135 cm³/mol. The van der Waals surface area contributed by atoms with Crippen LogP contribution >= 0.6 is 0 Å². The Kier molecular flexibility index (Phi) is 4.79. The largest absolute Gasteiger partial charge is 0.299 e. The SMILES string of the molecule is Cc1ccccc1-n1c(C)c2[n+](c1-c1ccccc1)-c1ccccc1C2(C)C1CCCCC1. The predicted octanol–water partition coefficient (Wildman–Crippen LogP) is 7.24. The molecule has 1 atom stereocenters. The Morgan fingerprint density at radius 1 is 0.788 bits per heavy atom. The molecule has 166 valence electrons. The summed E-state index contributed by atoms with van der Waals surface area (Å²) in [5.74, 6) is 1.94. The van der Waals surface area contributed by atoms with Crippen molar-refractivity contribution in [3.05, 3.63) is 101 Å². The lowest BCUT2D eigenvalue weighted by molar-refractivity contribution is -0.587. The molecule has 0 N–H and O–H groups in total. The fourth-order valence-corrected chi connectivity index (χ4v) is 6.76. The molecular formula is C31H33N2+. The van der Waals surface area contributed by atoms with Crippen LogP contribution in [0.5, 0.6) is 0 Å². The first-order valence-electron chi connectivity index (χ1n) is 12.5. The highest BCUT2D eigenvalue weighted by Gasteiger charge is 2.54. The zero-order valence-corrected chi connectivity index (χ0v) is 20.0. The third-order valence-electron chi connectivity index (χ3n) is 8.33. The molecule has 2 aliphatic rings. The minimum absolute atomic E-state index is 0.0264. The number of benzene rings is 3. The van der Waals surface area contributed by atoms with E-state index in [1.807, 2.05) is 0 Å². The molecule has 33 heavy (non-hydrogen) atoms. The highest BCUT2D eigenvalue weighted by Crippen LogP contribution is 2.51. The zero-order valence-electron chi connectivity index (χ0n) is 20.0. The topological polar surface area (TPSA) is 8.81 Å². The van der Waals surface area contributed by atoms with Crippen molar-refractivity contribution in [2.75, 3.05) is 0 Å². The van der Waals surface area contributed by atoms with Crippen LogP contribution in [0.4, 0.5) is 0 Å². The summed E-state index contributed by atoms with van der Waals surface area (Å²) >= 11 is 0. The second-order valence-electron chi connectivity index (χ2n) is 10.1. The van der Waals surface area contributed by atoms with E-state index in [1.165, 1.54) is 77.4 Å². The van der Waals surface area contributed by atoms with Crippen molar-refractivity contribution < 1.29 is 4.57 Å². The quantitative estimate of drug-likeness (QED) is 0.301. The number of imidazole rings is 1. The number of hydrogen-bond acceptors (Lipinski definition) is 0. The molecule has 1 unspecified atom stereocenters. The lowest BCUT2D eigenvalue weighted by atomic mass is 9.65. The molecule has 1 aliphatic heterocycles. The van der Waals surface area contributed by atoms with Gasteiger partial charge in [0.2, 0.25) is 0 Å². The lowest BCUT2D eigenvalue weighted by Gasteiger charge is -2.36. The smallest absolute Gasteiger partial charge is 0.192 e. The van der Waals surface area contributed by atoms with Crippen molar-refractivity contribution in [1.29, 1.82) is 0 Å². The van der Waals surface area contributed by atoms with Crippen LogP contribution in [-0.2, 0) is 5.41 Å². The Labute approximate surface area is 197 Å². The number of aryl methyl sites for hydroxylation is 1. The number of para-hydroxylation sites is 2. The second-order valence-corrected chi connectivity index (χ2v) is 10.1. The number of hydrogen-bond donors (Lipinski definition) is 0. The molecule has 3 aromatic carbocycles. The van der Waals surface area contributed by atoms with Crippen LogP contribution in [0.2, 0.25) is 0 Å². The number of rotatable bonds is 3. The molecule has 1 aromatic heterocycles. The van der Waals surface area contributed by atoms with Crippen molar-refractivity contribution in [3.63, 3.8) is 0 Å². The van der Waals surface area contributed by atoms with Gasteiger partial charge in [0.25, 0.3) is 5.82 Å². The van der Waals surface area contributed by atoms with Gasteiger partial charge in [0.1, 0.15) is 11.4 Å². The maximum atomic E-state index is 2.60. The second kappa shape index (κ2) is 7.73. The lowest BCUT2D eigenvalue weighted by Crippen LogP contribution is -2.39. The molecule has 2 heteroatoms. The van der Waals surface area contributed by atoms with Crippen molar-refractivity contribution in [2.24, 2.45) is 5.92 Å². The Hall–Kier alpha value is -3.13. The van der Waals surface area contributed by atoms with E-state index in [2.05, 4.69) is 109 Å². The van der Waals surface area contributed by atoms with Crippen LogP contribution in [0.15, 0.2) is 78.9 Å². The van der Waals surface area contributed by atoms with E-state index in [1.54, 1.807) is 0 Å². The number of aromatic nitrogens is 2. The Morgan fingerprint density at radius 3 is 2.21 bits per heavy atom. The number of fused-ring (bicyclic) bond motifs is 3. The highest BCUT2D eigenvalue weighted by atomic mass is 15.2. The third kappa shape index (κ3) is 2.89. The Bertz CT molecular complexity index is 1320. The first kappa shape index (κ1) is 20.5. The summed E-state index contributed by atoms with van der Waals surface area (Å²) in [5.41, 5.74) is 9.58. The van der Waals surface area contributed by atoms with Gasteiger partial charge in [-0.2, -0.15) is 9.13 Å². The van der Waals surface area contributed by atoms with Gasteiger partial charge in [-0.25, -0.2) is 0 Å². The van der Waals surface area contributed by atoms with Gasteiger partial charge >= 0.3 is 0 Å². The summed E-state index contributed by atoms with van der Waals surface area (Å²) in [6.45, 7) is 7.11. The highest BCUT2D eigenvalue weighted by molar-refractivity contribution is 5.63. The Balaban J connectivity index is 1.74. The van der Waals surface area contributed by atoms with Gasteiger partial charge in [-0.15, -0.1) is 0 Å². The van der Waals surface area contributed by atoms with Gasteiger partial charge in [-0.3, -0.25) is 0 Å². The van der Waals surface area contributed by atoms with Gasteiger partial charge in [0.05, 0.1) is 11.0 Å². The molecule has 0 radical (unpaired) electrons. The maximum absolute atomic E-state index is 2.60. The fraction of sp³-hybridized carbons (Fsp3) is 0.323. The minimum Gasteiger partial charge on any atom is -0.192 e. The van der Waals surface area contributed by atoms with Crippen molar-refractivity contribution in [1.82, 2.24) is 4.57 Å². The minimum atomic E-state index is 0.0264. The molecule has 4 aromatic rings. The summed E-state index contributed by atoms with van der Waals surface area (Å²) in [4.78, 5) is 0. The van der Waals surface area contributed by atoms with E-state index in [0.29, 0.717) is 5.92 Å². The van der Waals surface area contributed by atoms with Gasteiger partial charge in [0, 0.05) is 12.5 Å². The molecule has 1 aliphatic carbocycles. The van der Waals surface area contributed by atoms with E-state index in [4.69, 9.17) is 0 Å². The van der Waals surface area contributed by atoms with E-state index in [-0.39, 0.29) is 5.41 Å².